The Morgan fingerprint density at radius 1 is 1.13 bits per heavy atom. The van der Waals surface area contributed by atoms with Crippen molar-refractivity contribution in [2.24, 2.45) is 5.92 Å². The summed E-state index contributed by atoms with van der Waals surface area (Å²) < 4.78 is 0. The molecule has 0 unspecified atom stereocenters. The summed E-state index contributed by atoms with van der Waals surface area (Å²) in [5.74, 6) is -1.75. The van der Waals surface area contributed by atoms with Gasteiger partial charge >= 0.3 is 0 Å². The molecule has 1 amide bonds. The maximum absolute atomic E-state index is 12.6. The van der Waals surface area contributed by atoms with E-state index in [1.165, 1.54) is 6.42 Å². The Labute approximate surface area is 141 Å². The lowest BCUT2D eigenvalue weighted by Gasteiger charge is -2.47. The second kappa shape index (κ2) is 6.91. The second-order valence-electron chi connectivity index (χ2n) is 6.52. The summed E-state index contributed by atoms with van der Waals surface area (Å²) in [5.41, 5.74) is 0.724. The molecule has 0 spiro atoms. The molecule has 124 valence electrons. The van der Waals surface area contributed by atoms with Crippen LogP contribution in [0.4, 0.5) is 0 Å². The van der Waals surface area contributed by atoms with E-state index in [-0.39, 0.29) is 18.4 Å². The molecule has 2 atom stereocenters. The monoisotopic (exact) mass is 334 g/mol. The number of hydrogen-bond acceptors (Lipinski definition) is 3. The molecule has 1 aromatic rings. The number of amides is 1. The van der Waals surface area contributed by atoms with Crippen molar-refractivity contribution < 1.29 is 14.7 Å². The number of nitrogens with zero attached hydrogens (tertiary/aromatic N) is 1. The largest absolute Gasteiger partial charge is 0.550 e. The zero-order valence-electron chi connectivity index (χ0n) is 13.0. The topological polar surface area (TPSA) is 60.4 Å². The number of carbonyl (C=O) groups is 2. The number of carbonyl (C=O) groups excluding carboxylic acids is 2. The van der Waals surface area contributed by atoms with Gasteiger partial charge in [-0.05, 0) is 30.9 Å². The first kappa shape index (κ1) is 16.3. The van der Waals surface area contributed by atoms with Gasteiger partial charge in [-0.1, -0.05) is 49.1 Å². The fraction of sp³-hybridized carbons (Fsp3) is 0.556. The van der Waals surface area contributed by atoms with E-state index in [9.17, 15) is 14.7 Å². The summed E-state index contributed by atoms with van der Waals surface area (Å²) in [6.45, 7) is 0. The molecule has 2 aliphatic rings. The van der Waals surface area contributed by atoms with Crippen molar-refractivity contribution in [3.63, 3.8) is 0 Å². The SMILES string of the molecule is O=C([O-])[C@@H]1CCC(=O)N(C2CCCCC2)[C@H]1c1ccccc1Cl. The molecule has 4 nitrogen and oxygen atoms in total. The van der Waals surface area contributed by atoms with Gasteiger partial charge in [0.2, 0.25) is 5.91 Å². The van der Waals surface area contributed by atoms with E-state index in [1.807, 2.05) is 23.1 Å². The van der Waals surface area contributed by atoms with Crippen LogP contribution in [-0.2, 0) is 9.59 Å². The van der Waals surface area contributed by atoms with E-state index in [4.69, 9.17) is 11.6 Å². The van der Waals surface area contributed by atoms with Gasteiger partial charge in [-0.15, -0.1) is 0 Å². The molecule has 0 bridgehead atoms. The van der Waals surface area contributed by atoms with E-state index in [2.05, 4.69) is 0 Å². The fourth-order valence-corrected chi connectivity index (χ4v) is 4.28. The molecule has 5 heteroatoms. The zero-order chi connectivity index (χ0) is 16.4. The molecule has 1 aromatic carbocycles. The minimum Gasteiger partial charge on any atom is -0.550 e. The lowest BCUT2D eigenvalue weighted by atomic mass is 9.81. The summed E-state index contributed by atoms with van der Waals surface area (Å²) in [5, 5.41) is 12.2. The van der Waals surface area contributed by atoms with E-state index in [0.717, 1.165) is 31.2 Å². The van der Waals surface area contributed by atoms with Gasteiger partial charge in [0.25, 0.3) is 0 Å². The van der Waals surface area contributed by atoms with Gasteiger partial charge < -0.3 is 14.8 Å². The molecule has 0 N–H and O–H groups in total. The highest BCUT2D eigenvalue weighted by atomic mass is 35.5. The van der Waals surface area contributed by atoms with Gasteiger partial charge in [-0.2, -0.15) is 0 Å². The predicted octanol–water partition coefficient (Wildman–Crippen LogP) is 2.70. The van der Waals surface area contributed by atoms with Crippen LogP contribution >= 0.6 is 11.6 Å². The van der Waals surface area contributed by atoms with Crippen LogP contribution in [0.5, 0.6) is 0 Å². The summed E-state index contributed by atoms with van der Waals surface area (Å²) in [6.07, 6.45) is 5.81. The molecular weight excluding hydrogens is 314 g/mol. The number of aliphatic carboxylic acids is 1. The van der Waals surface area contributed by atoms with Crippen molar-refractivity contribution in [1.82, 2.24) is 4.90 Å². The quantitative estimate of drug-likeness (QED) is 0.853. The first-order chi connectivity index (χ1) is 11.1. The molecule has 1 aliphatic carbocycles. The van der Waals surface area contributed by atoms with Gasteiger partial charge in [0.15, 0.2) is 0 Å². The van der Waals surface area contributed by atoms with Gasteiger partial charge in [0, 0.05) is 29.4 Å². The molecule has 1 heterocycles. The number of carboxylic acid groups (broad SMARTS) is 1. The van der Waals surface area contributed by atoms with Crippen LogP contribution in [0.2, 0.25) is 5.02 Å². The molecular formula is C18H21ClNO3-. The minimum absolute atomic E-state index is 0.0410. The standard InChI is InChI=1S/C18H22ClNO3/c19-15-9-5-4-8-13(15)17-14(18(22)23)10-11-16(21)20(17)12-6-2-1-3-7-12/h4-5,8-9,12,14,17H,1-3,6-7,10-11H2,(H,22,23)/p-1/t14-,17+/m1/s1. The molecule has 3 rings (SSSR count). The van der Waals surface area contributed by atoms with Crippen LogP contribution < -0.4 is 5.11 Å². The minimum atomic E-state index is -1.09. The molecule has 0 aromatic heterocycles. The Bertz CT molecular complexity index is 598. The van der Waals surface area contributed by atoms with Crippen molar-refractivity contribution in [2.75, 3.05) is 0 Å². The summed E-state index contributed by atoms with van der Waals surface area (Å²) in [4.78, 5) is 26.1. The van der Waals surface area contributed by atoms with Crippen LogP contribution in [0.3, 0.4) is 0 Å². The average molecular weight is 335 g/mol. The first-order valence-corrected chi connectivity index (χ1v) is 8.74. The van der Waals surface area contributed by atoms with Gasteiger partial charge in [-0.3, -0.25) is 4.79 Å². The third kappa shape index (κ3) is 3.23. The second-order valence-corrected chi connectivity index (χ2v) is 6.93. The Kier molecular flexibility index (Phi) is 4.90. The molecule has 23 heavy (non-hydrogen) atoms. The van der Waals surface area contributed by atoms with Crippen LogP contribution in [0.15, 0.2) is 24.3 Å². The third-order valence-corrected chi connectivity index (χ3v) is 5.48. The lowest BCUT2D eigenvalue weighted by molar-refractivity contribution is -0.314. The lowest BCUT2D eigenvalue weighted by Crippen LogP contribution is -2.53. The number of benzene rings is 1. The van der Waals surface area contributed by atoms with Gasteiger partial charge in [0.05, 0.1) is 6.04 Å². The summed E-state index contributed by atoms with van der Waals surface area (Å²) >= 11 is 6.33. The first-order valence-electron chi connectivity index (χ1n) is 8.36. The average Bonchev–Trinajstić information content (AvgIpc) is 2.55. The maximum Gasteiger partial charge on any atom is 0.223 e. The third-order valence-electron chi connectivity index (χ3n) is 5.13. The Balaban J connectivity index is 2.02. The summed E-state index contributed by atoms with van der Waals surface area (Å²) in [7, 11) is 0. The molecule has 0 radical (unpaired) electrons. The van der Waals surface area contributed by atoms with Crippen molar-refractivity contribution in [1.29, 1.82) is 0 Å². The number of hydrogen-bond donors (Lipinski definition) is 0. The number of rotatable bonds is 3. The van der Waals surface area contributed by atoms with E-state index in [1.54, 1.807) is 6.07 Å². The molecule has 1 saturated heterocycles. The maximum atomic E-state index is 12.6. The number of piperidine rings is 1. The predicted molar refractivity (Wildman–Crippen MR) is 85.6 cm³/mol. The fourth-order valence-electron chi connectivity index (χ4n) is 4.03. The van der Waals surface area contributed by atoms with Crippen LogP contribution in [0.25, 0.3) is 0 Å². The number of carboxylic acids is 1. The van der Waals surface area contributed by atoms with E-state index < -0.39 is 17.9 Å². The zero-order valence-corrected chi connectivity index (χ0v) is 13.8. The highest BCUT2D eigenvalue weighted by Crippen LogP contribution is 2.42. The summed E-state index contributed by atoms with van der Waals surface area (Å²) in [6, 6.07) is 6.83. The smallest absolute Gasteiger partial charge is 0.223 e. The van der Waals surface area contributed by atoms with Crippen LogP contribution in [0.1, 0.15) is 56.6 Å². The van der Waals surface area contributed by atoms with Gasteiger partial charge in [0.1, 0.15) is 0 Å². The van der Waals surface area contributed by atoms with E-state index in [0.29, 0.717) is 11.4 Å². The molecule has 1 aliphatic heterocycles. The molecule has 1 saturated carbocycles. The van der Waals surface area contributed by atoms with Gasteiger partial charge in [-0.25, -0.2) is 0 Å². The normalized spacial score (nSPS) is 26.3. The molecule has 2 fully saturated rings. The van der Waals surface area contributed by atoms with Crippen molar-refractivity contribution in [3.05, 3.63) is 34.9 Å². The van der Waals surface area contributed by atoms with Crippen molar-refractivity contribution >= 4 is 23.5 Å². The Hall–Kier alpha value is -1.55. The Morgan fingerprint density at radius 2 is 1.83 bits per heavy atom. The van der Waals surface area contributed by atoms with Crippen molar-refractivity contribution in [3.8, 4) is 0 Å². The van der Waals surface area contributed by atoms with E-state index >= 15 is 0 Å². The Morgan fingerprint density at radius 3 is 2.48 bits per heavy atom. The highest BCUT2D eigenvalue weighted by Gasteiger charge is 2.41. The van der Waals surface area contributed by atoms with Crippen molar-refractivity contribution in [2.45, 2.75) is 57.0 Å². The van der Waals surface area contributed by atoms with Crippen LogP contribution in [-0.4, -0.2) is 22.8 Å². The highest BCUT2D eigenvalue weighted by molar-refractivity contribution is 6.31. The number of halogens is 1. The van der Waals surface area contributed by atoms with Crippen LogP contribution in [0, 0.1) is 5.92 Å². The number of likely N-dealkylation sites (tertiary alicyclic amines) is 1.